The molecule has 0 spiro atoms. The summed E-state index contributed by atoms with van der Waals surface area (Å²) >= 11 is 0. The number of amides is 1. The fraction of sp³-hybridized carbons (Fsp3) is 0.250. The smallest absolute Gasteiger partial charge is 0.252 e. The first-order valence-electron chi connectivity index (χ1n) is 10.5. The molecule has 31 heavy (non-hydrogen) atoms. The van der Waals surface area contributed by atoms with Gasteiger partial charge in [0, 0.05) is 17.8 Å². The number of fused-ring (bicyclic) bond motifs is 1. The van der Waals surface area contributed by atoms with Gasteiger partial charge in [-0.15, -0.1) is 0 Å². The standard InChI is InChI=1S/C24H23N5O2/c1-16-22-19(24(30)26-13-14-31-18-7-3-2-4-8-18)15-20(17-10-11-17)27-23(22)29(28-16)21-9-5-6-12-25-21/h2-9,12,15,17H,10-11,13-14H2,1H3,(H,26,30). The van der Waals surface area contributed by atoms with Crippen LogP contribution in [-0.4, -0.2) is 38.8 Å². The average Bonchev–Trinajstić information content (AvgIpc) is 3.61. The van der Waals surface area contributed by atoms with Crippen LogP contribution >= 0.6 is 0 Å². The van der Waals surface area contributed by atoms with E-state index in [2.05, 4.69) is 15.4 Å². The summed E-state index contributed by atoms with van der Waals surface area (Å²) in [6.07, 6.45) is 3.92. The van der Waals surface area contributed by atoms with Gasteiger partial charge in [0.1, 0.15) is 12.4 Å². The number of para-hydroxylation sites is 1. The minimum Gasteiger partial charge on any atom is -0.492 e. The van der Waals surface area contributed by atoms with Gasteiger partial charge in [-0.3, -0.25) is 4.79 Å². The first-order valence-corrected chi connectivity index (χ1v) is 10.5. The van der Waals surface area contributed by atoms with Crippen molar-refractivity contribution in [2.45, 2.75) is 25.7 Å². The SMILES string of the molecule is Cc1nn(-c2ccccn2)c2nc(C3CC3)cc(C(=O)NCCOc3ccccc3)c12. The second-order valence-electron chi connectivity index (χ2n) is 7.67. The molecule has 3 heterocycles. The molecular weight excluding hydrogens is 390 g/mol. The number of hydrogen-bond donors (Lipinski definition) is 1. The normalized spacial score (nSPS) is 13.3. The summed E-state index contributed by atoms with van der Waals surface area (Å²) in [5.74, 6) is 1.73. The third-order valence-electron chi connectivity index (χ3n) is 5.34. The maximum atomic E-state index is 13.1. The Morgan fingerprint density at radius 1 is 1.16 bits per heavy atom. The first-order chi connectivity index (χ1) is 15.2. The van der Waals surface area contributed by atoms with E-state index in [1.54, 1.807) is 10.9 Å². The highest BCUT2D eigenvalue weighted by Gasteiger charge is 2.29. The van der Waals surface area contributed by atoms with Gasteiger partial charge < -0.3 is 10.1 Å². The number of ether oxygens (including phenoxy) is 1. The number of pyridine rings is 2. The van der Waals surface area contributed by atoms with E-state index in [1.165, 1.54) is 0 Å². The van der Waals surface area contributed by atoms with Crippen molar-refractivity contribution in [2.75, 3.05) is 13.2 Å². The van der Waals surface area contributed by atoms with E-state index < -0.39 is 0 Å². The van der Waals surface area contributed by atoms with E-state index >= 15 is 0 Å². The van der Waals surface area contributed by atoms with Crippen molar-refractivity contribution in [3.8, 4) is 11.6 Å². The number of carbonyl (C=O) groups excluding carboxylic acids is 1. The van der Waals surface area contributed by atoms with E-state index in [0.717, 1.165) is 35.4 Å². The molecule has 1 N–H and O–H groups in total. The average molecular weight is 413 g/mol. The van der Waals surface area contributed by atoms with Crippen LogP contribution in [0.3, 0.4) is 0 Å². The van der Waals surface area contributed by atoms with Crippen LogP contribution in [0.25, 0.3) is 16.9 Å². The fourth-order valence-corrected chi connectivity index (χ4v) is 3.66. The van der Waals surface area contributed by atoms with Gasteiger partial charge in [-0.2, -0.15) is 9.78 Å². The number of benzene rings is 1. The predicted octanol–water partition coefficient (Wildman–Crippen LogP) is 3.81. The molecular formula is C24H23N5O2. The van der Waals surface area contributed by atoms with Crippen molar-refractivity contribution < 1.29 is 9.53 Å². The Morgan fingerprint density at radius 3 is 2.71 bits per heavy atom. The Labute approximate surface area is 180 Å². The molecule has 156 valence electrons. The molecule has 0 bridgehead atoms. The molecule has 0 saturated heterocycles. The van der Waals surface area contributed by atoms with Crippen molar-refractivity contribution in [1.29, 1.82) is 0 Å². The molecule has 1 fully saturated rings. The molecule has 0 atom stereocenters. The van der Waals surface area contributed by atoms with Crippen LogP contribution in [0, 0.1) is 6.92 Å². The van der Waals surface area contributed by atoms with E-state index in [-0.39, 0.29) is 5.91 Å². The van der Waals surface area contributed by atoms with E-state index in [0.29, 0.717) is 36.1 Å². The lowest BCUT2D eigenvalue weighted by Gasteiger charge is -2.10. The molecule has 0 radical (unpaired) electrons. The summed E-state index contributed by atoms with van der Waals surface area (Å²) in [4.78, 5) is 22.4. The molecule has 0 aliphatic heterocycles. The molecule has 1 saturated carbocycles. The monoisotopic (exact) mass is 413 g/mol. The second kappa shape index (κ2) is 8.18. The number of rotatable bonds is 7. The molecule has 7 nitrogen and oxygen atoms in total. The summed E-state index contributed by atoms with van der Waals surface area (Å²) in [6.45, 7) is 2.70. The van der Waals surface area contributed by atoms with Crippen molar-refractivity contribution in [3.63, 3.8) is 0 Å². The van der Waals surface area contributed by atoms with Gasteiger partial charge in [0.05, 0.1) is 23.2 Å². The molecule has 1 aliphatic rings. The highest BCUT2D eigenvalue weighted by molar-refractivity contribution is 6.06. The summed E-state index contributed by atoms with van der Waals surface area (Å²) in [6, 6.07) is 17.2. The number of nitrogens with zero attached hydrogens (tertiary/aromatic N) is 4. The van der Waals surface area contributed by atoms with Crippen molar-refractivity contribution in [3.05, 3.63) is 77.7 Å². The number of carbonyl (C=O) groups is 1. The molecule has 7 heteroatoms. The minimum atomic E-state index is -0.144. The number of aromatic nitrogens is 4. The lowest BCUT2D eigenvalue weighted by molar-refractivity contribution is 0.0948. The van der Waals surface area contributed by atoms with Crippen LogP contribution in [0.2, 0.25) is 0 Å². The summed E-state index contributed by atoms with van der Waals surface area (Å²) < 4.78 is 7.41. The van der Waals surface area contributed by atoms with Gasteiger partial charge in [-0.1, -0.05) is 24.3 Å². The summed E-state index contributed by atoms with van der Waals surface area (Å²) in [5, 5.41) is 8.39. The van der Waals surface area contributed by atoms with Crippen LogP contribution in [0.15, 0.2) is 60.8 Å². The highest BCUT2D eigenvalue weighted by atomic mass is 16.5. The minimum absolute atomic E-state index is 0.144. The van der Waals surface area contributed by atoms with E-state index in [9.17, 15) is 4.79 Å². The van der Waals surface area contributed by atoms with E-state index in [1.807, 2.05) is 61.5 Å². The molecule has 0 unspecified atom stereocenters. The lowest BCUT2D eigenvalue weighted by Crippen LogP contribution is -2.28. The maximum Gasteiger partial charge on any atom is 0.252 e. The first kappa shape index (κ1) is 19.2. The third-order valence-corrected chi connectivity index (χ3v) is 5.34. The molecule has 1 aliphatic carbocycles. The van der Waals surface area contributed by atoms with Gasteiger partial charge in [-0.25, -0.2) is 9.97 Å². The van der Waals surface area contributed by atoms with Gasteiger partial charge >= 0.3 is 0 Å². The van der Waals surface area contributed by atoms with Crippen molar-refractivity contribution >= 4 is 16.9 Å². The van der Waals surface area contributed by atoms with Gasteiger partial charge in [0.2, 0.25) is 0 Å². The van der Waals surface area contributed by atoms with Crippen LogP contribution in [0.4, 0.5) is 0 Å². The molecule has 4 aromatic rings. The topological polar surface area (TPSA) is 81.9 Å². The fourth-order valence-electron chi connectivity index (χ4n) is 3.66. The zero-order valence-electron chi connectivity index (χ0n) is 17.3. The zero-order chi connectivity index (χ0) is 21.2. The highest BCUT2D eigenvalue weighted by Crippen LogP contribution is 2.40. The summed E-state index contributed by atoms with van der Waals surface area (Å²) in [7, 11) is 0. The molecule has 1 aromatic carbocycles. The Morgan fingerprint density at radius 2 is 1.97 bits per heavy atom. The van der Waals surface area contributed by atoms with Gasteiger partial charge in [0.15, 0.2) is 11.5 Å². The van der Waals surface area contributed by atoms with Crippen LogP contribution in [0.1, 0.15) is 40.5 Å². The molecule has 5 rings (SSSR count). The Bertz CT molecular complexity index is 1220. The van der Waals surface area contributed by atoms with Crippen LogP contribution < -0.4 is 10.1 Å². The largest absolute Gasteiger partial charge is 0.492 e. The second-order valence-corrected chi connectivity index (χ2v) is 7.67. The molecule has 3 aromatic heterocycles. The van der Waals surface area contributed by atoms with Crippen LogP contribution in [0.5, 0.6) is 5.75 Å². The van der Waals surface area contributed by atoms with Gasteiger partial charge in [-0.05, 0) is 50.1 Å². The van der Waals surface area contributed by atoms with Crippen molar-refractivity contribution in [1.82, 2.24) is 25.1 Å². The third kappa shape index (κ3) is 3.99. The Kier molecular flexibility index (Phi) is 5.08. The lowest BCUT2D eigenvalue weighted by atomic mass is 10.1. The van der Waals surface area contributed by atoms with Crippen LogP contribution in [-0.2, 0) is 0 Å². The Hall–Kier alpha value is -3.74. The number of nitrogens with one attached hydrogen (secondary N) is 1. The predicted molar refractivity (Wildman–Crippen MR) is 118 cm³/mol. The number of aryl methyl sites for hydroxylation is 1. The zero-order valence-corrected chi connectivity index (χ0v) is 17.3. The molecule has 1 amide bonds. The summed E-state index contributed by atoms with van der Waals surface area (Å²) in [5.41, 5.74) is 2.97. The van der Waals surface area contributed by atoms with Crippen molar-refractivity contribution in [2.24, 2.45) is 0 Å². The van der Waals surface area contributed by atoms with E-state index in [4.69, 9.17) is 9.72 Å². The maximum absolute atomic E-state index is 13.1. The number of hydrogen-bond acceptors (Lipinski definition) is 5. The quantitative estimate of drug-likeness (QED) is 0.466. The Balaban J connectivity index is 1.43. The van der Waals surface area contributed by atoms with Gasteiger partial charge in [0.25, 0.3) is 5.91 Å².